The van der Waals surface area contributed by atoms with Crippen molar-refractivity contribution in [2.45, 2.75) is 57.2 Å². The molecule has 0 heterocycles. The molecule has 1 unspecified atom stereocenters. The Kier molecular flexibility index (Phi) is 8.24. The first-order valence-electron chi connectivity index (χ1n) is 12.1. The van der Waals surface area contributed by atoms with E-state index in [1.807, 2.05) is 30.3 Å². The zero-order chi connectivity index (χ0) is 24.6. The van der Waals surface area contributed by atoms with Crippen LogP contribution in [0.5, 0.6) is 0 Å². The quantitative estimate of drug-likeness (QED) is 0.461. The summed E-state index contributed by atoms with van der Waals surface area (Å²) in [6, 6.07) is 20.7. The summed E-state index contributed by atoms with van der Waals surface area (Å²) in [5.41, 5.74) is 2.33. The number of hydrogen-bond donors (Lipinski definition) is 1. The zero-order valence-electron chi connectivity index (χ0n) is 19.6. The van der Waals surface area contributed by atoms with Crippen molar-refractivity contribution in [3.8, 4) is 0 Å². The van der Waals surface area contributed by atoms with Crippen LogP contribution in [-0.4, -0.2) is 28.8 Å². The Morgan fingerprint density at radius 3 is 1.97 bits per heavy atom. The van der Waals surface area contributed by atoms with Crippen LogP contribution in [0.3, 0.4) is 0 Å². The van der Waals surface area contributed by atoms with Crippen LogP contribution < -0.4 is 5.32 Å². The molecule has 1 atom stereocenters. The predicted molar refractivity (Wildman–Crippen MR) is 131 cm³/mol. The lowest BCUT2D eigenvalue weighted by molar-refractivity contribution is -0.141. The lowest BCUT2D eigenvalue weighted by atomic mass is 10.0. The minimum absolute atomic E-state index is 0.0312. The van der Waals surface area contributed by atoms with E-state index >= 15 is 0 Å². The standard InChI is InChI=1S/C29H30F2N2O2/c30-24-14-10-22(11-15-24)19-28(34)33(20-23-12-16-25(31)17-13-23)27(18-21-6-2-1-3-7-21)29(35)32-26-8-4-5-9-26/h1-3,6-7,10-17,26-27H,4-5,8-9,18-20H2,(H,32,35). The highest BCUT2D eigenvalue weighted by molar-refractivity contribution is 5.89. The smallest absolute Gasteiger partial charge is 0.243 e. The molecule has 3 aromatic rings. The summed E-state index contributed by atoms with van der Waals surface area (Å²) in [6.07, 6.45) is 4.42. The molecule has 0 spiro atoms. The van der Waals surface area contributed by atoms with Gasteiger partial charge in [0.1, 0.15) is 17.7 Å². The fourth-order valence-electron chi connectivity index (χ4n) is 4.59. The molecule has 1 aliphatic rings. The molecule has 0 saturated heterocycles. The molecule has 182 valence electrons. The lowest BCUT2D eigenvalue weighted by Gasteiger charge is -2.32. The molecule has 35 heavy (non-hydrogen) atoms. The van der Waals surface area contributed by atoms with Crippen molar-refractivity contribution in [1.82, 2.24) is 10.2 Å². The number of nitrogens with one attached hydrogen (secondary N) is 1. The van der Waals surface area contributed by atoms with E-state index in [1.54, 1.807) is 29.2 Å². The highest BCUT2D eigenvalue weighted by atomic mass is 19.1. The largest absolute Gasteiger partial charge is 0.352 e. The molecule has 1 saturated carbocycles. The highest BCUT2D eigenvalue weighted by Gasteiger charge is 2.32. The Hall–Kier alpha value is -3.54. The van der Waals surface area contributed by atoms with Crippen LogP contribution >= 0.6 is 0 Å². The Bertz CT molecular complexity index is 1110. The number of rotatable bonds is 9. The van der Waals surface area contributed by atoms with Gasteiger partial charge in [-0.2, -0.15) is 0 Å². The summed E-state index contributed by atoms with van der Waals surface area (Å²) >= 11 is 0. The van der Waals surface area contributed by atoms with E-state index < -0.39 is 6.04 Å². The average molecular weight is 477 g/mol. The van der Waals surface area contributed by atoms with Gasteiger partial charge in [0.15, 0.2) is 0 Å². The van der Waals surface area contributed by atoms with Gasteiger partial charge in [-0.3, -0.25) is 9.59 Å². The summed E-state index contributed by atoms with van der Waals surface area (Å²) in [7, 11) is 0. The maximum atomic E-state index is 13.6. The molecular formula is C29H30F2N2O2. The third-order valence-electron chi connectivity index (χ3n) is 6.51. The second-order valence-corrected chi connectivity index (χ2v) is 9.15. The summed E-state index contributed by atoms with van der Waals surface area (Å²) in [5, 5.41) is 3.16. The van der Waals surface area contributed by atoms with Crippen LogP contribution in [0, 0.1) is 11.6 Å². The average Bonchev–Trinajstić information content (AvgIpc) is 3.37. The Morgan fingerprint density at radius 2 is 1.37 bits per heavy atom. The van der Waals surface area contributed by atoms with Crippen LogP contribution in [0.25, 0.3) is 0 Å². The normalized spacial score (nSPS) is 14.5. The molecule has 0 bridgehead atoms. The number of nitrogens with zero attached hydrogens (tertiary/aromatic N) is 1. The van der Waals surface area contributed by atoms with Crippen LogP contribution in [0.1, 0.15) is 42.4 Å². The van der Waals surface area contributed by atoms with Gasteiger partial charge in [-0.15, -0.1) is 0 Å². The lowest BCUT2D eigenvalue weighted by Crippen LogP contribution is -2.52. The summed E-state index contributed by atoms with van der Waals surface area (Å²) in [4.78, 5) is 28.8. The summed E-state index contributed by atoms with van der Waals surface area (Å²) in [6.45, 7) is 0.163. The number of hydrogen-bond acceptors (Lipinski definition) is 2. The maximum absolute atomic E-state index is 13.6. The molecule has 1 N–H and O–H groups in total. The Labute approximate surface area is 205 Å². The second kappa shape index (κ2) is 11.7. The molecule has 1 fully saturated rings. The van der Waals surface area contributed by atoms with E-state index in [2.05, 4.69) is 5.32 Å². The number of amides is 2. The first kappa shape index (κ1) is 24.6. The first-order chi connectivity index (χ1) is 17.0. The molecule has 0 radical (unpaired) electrons. The summed E-state index contributed by atoms with van der Waals surface area (Å²) in [5.74, 6) is -1.17. The fraction of sp³-hybridized carbons (Fsp3) is 0.310. The maximum Gasteiger partial charge on any atom is 0.243 e. The number of halogens is 2. The van der Waals surface area contributed by atoms with E-state index in [0.717, 1.165) is 36.8 Å². The van der Waals surface area contributed by atoms with Crippen molar-refractivity contribution in [2.24, 2.45) is 0 Å². The van der Waals surface area contributed by atoms with Gasteiger partial charge in [0.05, 0.1) is 6.42 Å². The third-order valence-corrected chi connectivity index (χ3v) is 6.51. The minimum atomic E-state index is -0.740. The SMILES string of the molecule is O=C(NC1CCCC1)C(Cc1ccccc1)N(Cc1ccc(F)cc1)C(=O)Cc1ccc(F)cc1. The van der Waals surface area contributed by atoms with Crippen LogP contribution in [-0.2, 0) is 29.0 Å². The highest BCUT2D eigenvalue weighted by Crippen LogP contribution is 2.21. The molecule has 6 heteroatoms. The van der Waals surface area contributed by atoms with Crippen molar-refractivity contribution in [3.05, 3.63) is 107 Å². The topological polar surface area (TPSA) is 49.4 Å². The molecule has 4 rings (SSSR count). The number of carbonyl (C=O) groups excluding carboxylic acids is 2. The van der Waals surface area contributed by atoms with Gasteiger partial charge in [0, 0.05) is 19.0 Å². The van der Waals surface area contributed by atoms with Crippen molar-refractivity contribution < 1.29 is 18.4 Å². The van der Waals surface area contributed by atoms with Crippen LogP contribution in [0.15, 0.2) is 78.9 Å². The second-order valence-electron chi connectivity index (χ2n) is 9.15. The van der Waals surface area contributed by atoms with Gasteiger partial charge in [0.2, 0.25) is 11.8 Å². The molecule has 3 aromatic carbocycles. The van der Waals surface area contributed by atoms with Gasteiger partial charge >= 0.3 is 0 Å². The van der Waals surface area contributed by atoms with Gasteiger partial charge < -0.3 is 10.2 Å². The summed E-state index contributed by atoms with van der Waals surface area (Å²) < 4.78 is 26.9. The molecule has 4 nitrogen and oxygen atoms in total. The molecule has 1 aliphatic carbocycles. The van der Waals surface area contributed by atoms with Gasteiger partial charge in [-0.05, 0) is 53.8 Å². The van der Waals surface area contributed by atoms with Crippen LogP contribution in [0.4, 0.5) is 8.78 Å². The van der Waals surface area contributed by atoms with Crippen LogP contribution in [0.2, 0.25) is 0 Å². The van der Waals surface area contributed by atoms with Crippen molar-refractivity contribution >= 4 is 11.8 Å². The number of carbonyl (C=O) groups is 2. The van der Waals surface area contributed by atoms with Gasteiger partial charge in [-0.1, -0.05) is 67.4 Å². The number of benzene rings is 3. The Balaban J connectivity index is 1.64. The van der Waals surface area contributed by atoms with Crippen molar-refractivity contribution in [3.63, 3.8) is 0 Å². The Morgan fingerprint density at radius 1 is 0.800 bits per heavy atom. The zero-order valence-corrected chi connectivity index (χ0v) is 19.6. The van der Waals surface area contributed by atoms with Crippen molar-refractivity contribution in [2.75, 3.05) is 0 Å². The van der Waals surface area contributed by atoms with E-state index in [0.29, 0.717) is 12.0 Å². The minimum Gasteiger partial charge on any atom is -0.352 e. The van der Waals surface area contributed by atoms with E-state index in [1.165, 1.54) is 24.3 Å². The monoisotopic (exact) mass is 476 g/mol. The van der Waals surface area contributed by atoms with Gasteiger partial charge in [-0.25, -0.2) is 8.78 Å². The van der Waals surface area contributed by atoms with E-state index in [-0.39, 0.29) is 42.5 Å². The predicted octanol–water partition coefficient (Wildman–Crippen LogP) is 5.21. The van der Waals surface area contributed by atoms with Crippen molar-refractivity contribution in [1.29, 1.82) is 0 Å². The molecular weight excluding hydrogens is 446 g/mol. The molecule has 0 aliphatic heterocycles. The fourth-order valence-corrected chi connectivity index (χ4v) is 4.59. The third kappa shape index (κ3) is 6.98. The van der Waals surface area contributed by atoms with E-state index in [4.69, 9.17) is 0 Å². The van der Waals surface area contributed by atoms with E-state index in [9.17, 15) is 18.4 Å². The first-order valence-corrected chi connectivity index (χ1v) is 12.1. The van der Waals surface area contributed by atoms with Gasteiger partial charge in [0.25, 0.3) is 0 Å². The molecule has 0 aromatic heterocycles. The molecule has 2 amide bonds.